The molecule has 0 unspecified atom stereocenters. The van der Waals surface area contributed by atoms with Gasteiger partial charge < -0.3 is 10.3 Å². The standard InChI is InChI=1S/C16H25N3/c1-5-8-19-14-7-6-12(11-17)9-13(14)18-15(19)10-16(2,3)4/h6-7,9H,5,8,10-11,17H2,1-4H3. The Bertz CT molecular complexity index is 561. The Morgan fingerprint density at radius 1 is 1.26 bits per heavy atom. The molecule has 0 aliphatic rings. The quantitative estimate of drug-likeness (QED) is 0.913. The van der Waals surface area contributed by atoms with E-state index in [9.17, 15) is 0 Å². The number of hydrogen-bond donors (Lipinski definition) is 1. The van der Waals surface area contributed by atoms with Gasteiger partial charge in [0.15, 0.2) is 0 Å². The Morgan fingerprint density at radius 3 is 2.58 bits per heavy atom. The molecule has 2 aromatic rings. The average molecular weight is 259 g/mol. The summed E-state index contributed by atoms with van der Waals surface area (Å²) in [5.74, 6) is 1.19. The monoisotopic (exact) mass is 259 g/mol. The van der Waals surface area contributed by atoms with E-state index in [0.29, 0.717) is 6.54 Å². The van der Waals surface area contributed by atoms with Crippen LogP contribution in [0.4, 0.5) is 0 Å². The molecular weight excluding hydrogens is 234 g/mol. The Morgan fingerprint density at radius 2 is 2.00 bits per heavy atom. The maximum Gasteiger partial charge on any atom is 0.110 e. The first kappa shape index (κ1) is 14.1. The van der Waals surface area contributed by atoms with Gasteiger partial charge in [0.1, 0.15) is 5.82 Å². The van der Waals surface area contributed by atoms with Gasteiger partial charge in [0.25, 0.3) is 0 Å². The first-order chi connectivity index (χ1) is 8.94. The molecular formula is C16H25N3. The van der Waals surface area contributed by atoms with Crippen molar-refractivity contribution in [2.24, 2.45) is 11.1 Å². The van der Waals surface area contributed by atoms with Crippen molar-refractivity contribution < 1.29 is 0 Å². The number of nitrogens with two attached hydrogens (primary N) is 1. The molecule has 3 heteroatoms. The van der Waals surface area contributed by atoms with Crippen LogP contribution in [0.25, 0.3) is 11.0 Å². The number of imidazole rings is 1. The van der Waals surface area contributed by atoms with Gasteiger partial charge in [-0.1, -0.05) is 33.8 Å². The minimum Gasteiger partial charge on any atom is -0.328 e. The number of benzene rings is 1. The molecule has 0 saturated heterocycles. The average Bonchev–Trinajstić information content (AvgIpc) is 2.64. The van der Waals surface area contributed by atoms with Gasteiger partial charge in [0, 0.05) is 19.5 Å². The van der Waals surface area contributed by atoms with E-state index in [1.165, 1.54) is 11.3 Å². The molecule has 0 radical (unpaired) electrons. The highest BCUT2D eigenvalue weighted by molar-refractivity contribution is 5.77. The van der Waals surface area contributed by atoms with Gasteiger partial charge in [-0.2, -0.15) is 0 Å². The van der Waals surface area contributed by atoms with Crippen LogP contribution in [0.1, 0.15) is 45.5 Å². The van der Waals surface area contributed by atoms with Gasteiger partial charge in [0.2, 0.25) is 0 Å². The zero-order chi connectivity index (χ0) is 14.0. The molecule has 1 heterocycles. The SMILES string of the molecule is CCCn1c(CC(C)(C)C)nc2cc(CN)ccc21. The van der Waals surface area contributed by atoms with Crippen LogP contribution in [0.3, 0.4) is 0 Å². The second kappa shape index (κ2) is 5.33. The van der Waals surface area contributed by atoms with Crippen LogP contribution in [0.15, 0.2) is 18.2 Å². The van der Waals surface area contributed by atoms with Crippen molar-refractivity contribution in [3.63, 3.8) is 0 Å². The number of aromatic nitrogens is 2. The van der Waals surface area contributed by atoms with Gasteiger partial charge >= 0.3 is 0 Å². The van der Waals surface area contributed by atoms with E-state index in [4.69, 9.17) is 10.7 Å². The normalized spacial score (nSPS) is 12.3. The van der Waals surface area contributed by atoms with Crippen LogP contribution < -0.4 is 5.73 Å². The summed E-state index contributed by atoms with van der Waals surface area (Å²) >= 11 is 0. The first-order valence-corrected chi connectivity index (χ1v) is 7.12. The summed E-state index contributed by atoms with van der Waals surface area (Å²) in [5.41, 5.74) is 9.43. The second-order valence-electron chi connectivity index (χ2n) is 6.44. The molecule has 0 aliphatic carbocycles. The van der Waals surface area contributed by atoms with Crippen molar-refractivity contribution in [2.75, 3.05) is 0 Å². The van der Waals surface area contributed by atoms with Crippen LogP contribution >= 0.6 is 0 Å². The second-order valence-corrected chi connectivity index (χ2v) is 6.44. The molecule has 2 N–H and O–H groups in total. The highest BCUT2D eigenvalue weighted by Gasteiger charge is 2.17. The maximum atomic E-state index is 5.71. The topological polar surface area (TPSA) is 43.8 Å². The number of nitrogens with zero attached hydrogens (tertiary/aromatic N) is 2. The lowest BCUT2D eigenvalue weighted by Gasteiger charge is -2.18. The molecule has 1 aromatic carbocycles. The lowest BCUT2D eigenvalue weighted by molar-refractivity contribution is 0.392. The minimum absolute atomic E-state index is 0.254. The van der Waals surface area contributed by atoms with E-state index in [-0.39, 0.29) is 5.41 Å². The zero-order valence-corrected chi connectivity index (χ0v) is 12.5. The fourth-order valence-electron chi connectivity index (χ4n) is 2.43. The van der Waals surface area contributed by atoms with Crippen LogP contribution in [-0.4, -0.2) is 9.55 Å². The first-order valence-electron chi connectivity index (χ1n) is 7.12. The van der Waals surface area contributed by atoms with Crippen LogP contribution in [0.5, 0.6) is 0 Å². The molecule has 0 atom stereocenters. The van der Waals surface area contributed by atoms with E-state index in [2.05, 4.69) is 50.5 Å². The van der Waals surface area contributed by atoms with Crippen molar-refractivity contribution >= 4 is 11.0 Å². The van der Waals surface area contributed by atoms with Crippen molar-refractivity contribution in [3.8, 4) is 0 Å². The molecule has 0 aliphatic heterocycles. The predicted octanol–water partition coefficient (Wildman–Crippen LogP) is 3.49. The smallest absolute Gasteiger partial charge is 0.110 e. The third-order valence-electron chi connectivity index (χ3n) is 3.26. The predicted molar refractivity (Wildman–Crippen MR) is 81.1 cm³/mol. The molecule has 104 valence electrons. The highest BCUT2D eigenvalue weighted by Crippen LogP contribution is 2.25. The van der Waals surface area contributed by atoms with Crippen molar-refractivity contribution in [3.05, 3.63) is 29.6 Å². The van der Waals surface area contributed by atoms with E-state index in [0.717, 1.165) is 30.5 Å². The fourth-order valence-corrected chi connectivity index (χ4v) is 2.43. The lowest BCUT2D eigenvalue weighted by Crippen LogP contribution is -2.14. The van der Waals surface area contributed by atoms with Crippen molar-refractivity contribution in [1.82, 2.24) is 9.55 Å². The summed E-state index contributed by atoms with van der Waals surface area (Å²) in [4.78, 5) is 4.83. The summed E-state index contributed by atoms with van der Waals surface area (Å²) in [5, 5.41) is 0. The van der Waals surface area contributed by atoms with E-state index < -0.39 is 0 Å². The minimum atomic E-state index is 0.254. The molecule has 0 saturated carbocycles. The van der Waals surface area contributed by atoms with Gasteiger partial charge in [0.05, 0.1) is 11.0 Å². The van der Waals surface area contributed by atoms with Crippen molar-refractivity contribution in [2.45, 2.75) is 53.6 Å². The molecule has 1 aromatic heterocycles. The summed E-state index contributed by atoms with van der Waals surface area (Å²) < 4.78 is 2.36. The fraction of sp³-hybridized carbons (Fsp3) is 0.562. The number of hydrogen-bond acceptors (Lipinski definition) is 2. The molecule has 2 rings (SSSR count). The lowest BCUT2D eigenvalue weighted by atomic mass is 9.92. The van der Waals surface area contributed by atoms with E-state index >= 15 is 0 Å². The largest absolute Gasteiger partial charge is 0.328 e. The van der Waals surface area contributed by atoms with Gasteiger partial charge in [-0.25, -0.2) is 4.98 Å². The Kier molecular flexibility index (Phi) is 3.95. The third-order valence-corrected chi connectivity index (χ3v) is 3.26. The summed E-state index contributed by atoms with van der Waals surface area (Å²) in [6.45, 7) is 10.6. The maximum absolute atomic E-state index is 5.71. The molecule has 0 fully saturated rings. The van der Waals surface area contributed by atoms with Gasteiger partial charge in [-0.15, -0.1) is 0 Å². The molecule has 19 heavy (non-hydrogen) atoms. The summed E-state index contributed by atoms with van der Waals surface area (Å²) in [6.07, 6.45) is 2.13. The van der Waals surface area contributed by atoms with Crippen molar-refractivity contribution in [1.29, 1.82) is 0 Å². The summed E-state index contributed by atoms with van der Waals surface area (Å²) in [7, 11) is 0. The summed E-state index contributed by atoms with van der Waals surface area (Å²) in [6, 6.07) is 6.39. The van der Waals surface area contributed by atoms with Gasteiger partial charge in [-0.05, 0) is 29.5 Å². The number of rotatable bonds is 4. The van der Waals surface area contributed by atoms with Crippen LogP contribution in [-0.2, 0) is 19.5 Å². The highest BCUT2D eigenvalue weighted by atomic mass is 15.1. The van der Waals surface area contributed by atoms with E-state index in [1.807, 2.05) is 0 Å². The van der Waals surface area contributed by atoms with E-state index in [1.54, 1.807) is 0 Å². The Labute approximate surface area is 115 Å². The van der Waals surface area contributed by atoms with Crippen LogP contribution in [0.2, 0.25) is 0 Å². The molecule has 0 amide bonds. The number of aryl methyl sites for hydroxylation is 1. The molecule has 0 bridgehead atoms. The van der Waals surface area contributed by atoms with Crippen LogP contribution in [0, 0.1) is 5.41 Å². The zero-order valence-electron chi connectivity index (χ0n) is 12.5. The van der Waals surface area contributed by atoms with Gasteiger partial charge in [-0.3, -0.25) is 0 Å². The molecule has 0 spiro atoms. The number of fused-ring (bicyclic) bond motifs is 1. The molecule has 3 nitrogen and oxygen atoms in total. The Hall–Kier alpha value is -1.35. The third kappa shape index (κ3) is 3.16. The Balaban J connectivity index is 2.52.